The van der Waals surface area contributed by atoms with Crippen molar-refractivity contribution < 1.29 is 0 Å². The van der Waals surface area contributed by atoms with E-state index in [0.717, 1.165) is 50.8 Å². The molecule has 128 valence electrons. The Morgan fingerprint density at radius 1 is 1.08 bits per heavy atom. The van der Waals surface area contributed by atoms with Crippen LogP contribution < -0.4 is 15.1 Å². The molecule has 2 aromatic rings. The first-order valence-electron chi connectivity index (χ1n) is 8.71. The van der Waals surface area contributed by atoms with E-state index in [1.54, 1.807) is 6.20 Å². The predicted molar refractivity (Wildman–Crippen MR) is 96.5 cm³/mol. The Hall–Kier alpha value is -2.44. The molecule has 24 heavy (non-hydrogen) atoms. The van der Waals surface area contributed by atoms with Crippen molar-refractivity contribution in [2.45, 2.75) is 26.2 Å². The molecular formula is C17H25N7. The van der Waals surface area contributed by atoms with Gasteiger partial charge in [0.05, 0.1) is 6.20 Å². The molecule has 7 heteroatoms. The van der Waals surface area contributed by atoms with Gasteiger partial charge in [-0.2, -0.15) is 10.1 Å². The van der Waals surface area contributed by atoms with Crippen LogP contribution in [-0.4, -0.2) is 52.9 Å². The monoisotopic (exact) mass is 327 g/mol. The van der Waals surface area contributed by atoms with E-state index in [-0.39, 0.29) is 0 Å². The number of aromatic nitrogens is 4. The number of rotatable bonds is 7. The molecule has 0 radical (unpaired) electrons. The highest BCUT2D eigenvalue weighted by Gasteiger charge is 2.20. The summed E-state index contributed by atoms with van der Waals surface area (Å²) in [6, 6.07) is 6.02. The van der Waals surface area contributed by atoms with Crippen molar-refractivity contribution >= 4 is 17.6 Å². The molecule has 0 amide bonds. The zero-order valence-electron chi connectivity index (χ0n) is 14.2. The van der Waals surface area contributed by atoms with Crippen LogP contribution in [0.15, 0.2) is 30.6 Å². The van der Waals surface area contributed by atoms with E-state index in [0.29, 0.717) is 5.95 Å². The third kappa shape index (κ3) is 4.31. The molecular weight excluding hydrogens is 302 g/mol. The number of nitrogens with zero attached hydrogens (tertiary/aromatic N) is 6. The highest BCUT2D eigenvalue weighted by molar-refractivity contribution is 5.43. The molecule has 0 saturated carbocycles. The fourth-order valence-electron chi connectivity index (χ4n) is 2.78. The highest BCUT2D eigenvalue weighted by atomic mass is 15.4. The Morgan fingerprint density at radius 3 is 2.67 bits per heavy atom. The largest absolute Gasteiger partial charge is 0.369 e. The van der Waals surface area contributed by atoms with Gasteiger partial charge in [0.1, 0.15) is 5.82 Å². The lowest BCUT2D eigenvalue weighted by atomic mass is 10.2. The number of unbranched alkanes of at least 4 members (excludes halogenated alkanes) is 2. The van der Waals surface area contributed by atoms with E-state index in [2.05, 4.69) is 48.3 Å². The first-order chi connectivity index (χ1) is 11.9. The molecule has 1 aliphatic rings. The van der Waals surface area contributed by atoms with Gasteiger partial charge in [0, 0.05) is 38.9 Å². The third-order valence-electron chi connectivity index (χ3n) is 4.17. The van der Waals surface area contributed by atoms with Crippen LogP contribution in [0.5, 0.6) is 0 Å². The summed E-state index contributed by atoms with van der Waals surface area (Å²) in [6.07, 6.45) is 7.13. The molecule has 0 atom stereocenters. The molecule has 0 aliphatic carbocycles. The molecule has 3 heterocycles. The zero-order chi connectivity index (χ0) is 16.6. The normalized spacial score (nSPS) is 14.7. The van der Waals surface area contributed by atoms with Crippen LogP contribution in [0, 0.1) is 0 Å². The van der Waals surface area contributed by atoms with Crippen LogP contribution in [0.1, 0.15) is 26.2 Å². The molecule has 2 aromatic heterocycles. The van der Waals surface area contributed by atoms with Gasteiger partial charge in [0.2, 0.25) is 5.95 Å². The Labute approximate surface area is 143 Å². The maximum atomic E-state index is 4.60. The lowest BCUT2D eigenvalue weighted by Crippen LogP contribution is -2.47. The van der Waals surface area contributed by atoms with Crippen LogP contribution in [0.3, 0.4) is 0 Å². The van der Waals surface area contributed by atoms with Gasteiger partial charge in [0.15, 0.2) is 5.82 Å². The van der Waals surface area contributed by atoms with Gasteiger partial charge in [-0.1, -0.05) is 25.8 Å². The average molecular weight is 327 g/mol. The number of anilines is 3. The van der Waals surface area contributed by atoms with E-state index in [1.807, 2.05) is 18.3 Å². The van der Waals surface area contributed by atoms with Crippen LogP contribution in [-0.2, 0) is 0 Å². The van der Waals surface area contributed by atoms with Crippen molar-refractivity contribution in [3.63, 3.8) is 0 Å². The van der Waals surface area contributed by atoms with Crippen molar-refractivity contribution in [3.05, 3.63) is 30.6 Å². The Balaban J connectivity index is 1.54. The van der Waals surface area contributed by atoms with Crippen molar-refractivity contribution in [2.75, 3.05) is 47.8 Å². The number of nitrogens with one attached hydrogen (secondary N) is 1. The van der Waals surface area contributed by atoms with Crippen molar-refractivity contribution in [3.8, 4) is 0 Å². The maximum absolute atomic E-state index is 4.60. The van der Waals surface area contributed by atoms with E-state index < -0.39 is 0 Å². The van der Waals surface area contributed by atoms with Gasteiger partial charge >= 0.3 is 0 Å². The quantitative estimate of drug-likeness (QED) is 0.782. The summed E-state index contributed by atoms with van der Waals surface area (Å²) in [4.78, 5) is 13.5. The summed E-state index contributed by atoms with van der Waals surface area (Å²) in [7, 11) is 0. The van der Waals surface area contributed by atoms with Crippen LogP contribution in [0.4, 0.5) is 17.6 Å². The van der Waals surface area contributed by atoms with Gasteiger partial charge in [-0.05, 0) is 18.6 Å². The minimum atomic E-state index is 0.705. The summed E-state index contributed by atoms with van der Waals surface area (Å²) in [5.74, 6) is 2.54. The Kier molecular flexibility index (Phi) is 5.76. The van der Waals surface area contributed by atoms with Crippen molar-refractivity contribution in [2.24, 2.45) is 0 Å². The van der Waals surface area contributed by atoms with E-state index >= 15 is 0 Å². The van der Waals surface area contributed by atoms with Crippen molar-refractivity contribution in [1.29, 1.82) is 0 Å². The van der Waals surface area contributed by atoms with Crippen LogP contribution >= 0.6 is 0 Å². The minimum Gasteiger partial charge on any atom is -0.369 e. The summed E-state index contributed by atoms with van der Waals surface area (Å²) in [6.45, 7) is 6.70. The van der Waals surface area contributed by atoms with Crippen LogP contribution in [0.2, 0.25) is 0 Å². The van der Waals surface area contributed by atoms with E-state index in [9.17, 15) is 0 Å². The third-order valence-corrected chi connectivity index (χ3v) is 4.17. The number of hydrogen-bond donors (Lipinski definition) is 1. The molecule has 1 aliphatic heterocycles. The standard InChI is InChI=1S/C17H25N7/c1-2-3-5-8-18-15-14-20-22-17(21-15)24-12-10-23(11-13-24)16-7-4-6-9-19-16/h4,6-7,9,14H,2-3,5,8,10-13H2,1H3,(H,18,21,22). The average Bonchev–Trinajstić information content (AvgIpc) is 2.66. The van der Waals surface area contributed by atoms with E-state index in [4.69, 9.17) is 0 Å². The molecule has 3 rings (SSSR count). The minimum absolute atomic E-state index is 0.705. The van der Waals surface area contributed by atoms with Gasteiger partial charge in [-0.15, -0.1) is 5.10 Å². The number of pyridine rings is 1. The second-order valence-electron chi connectivity index (χ2n) is 5.94. The smallest absolute Gasteiger partial charge is 0.247 e. The lowest BCUT2D eigenvalue weighted by Gasteiger charge is -2.35. The summed E-state index contributed by atoms with van der Waals surface area (Å²) >= 11 is 0. The maximum Gasteiger partial charge on any atom is 0.247 e. The van der Waals surface area contributed by atoms with Gasteiger partial charge < -0.3 is 15.1 Å². The van der Waals surface area contributed by atoms with E-state index in [1.165, 1.54) is 12.8 Å². The number of hydrogen-bond acceptors (Lipinski definition) is 7. The predicted octanol–water partition coefficient (Wildman–Crippen LogP) is 2.20. The fraction of sp³-hybridized carbons (Fsp3) is 0.529. The molecule has 0 bridgehead atoms. The highest BCUT2D eigenvalue weighted by Crippen LogP contribution is 2.16. The first-order valence-corrected chi connectivity index (χ1v) is 8.71. The Bertz CT molecular complexity index is 611. The summed E-state index contributed by atoms with van der Waals surface area (Å²) in [5.41, 5.74) is 0. The molecule has 1 fully saturated rings. The summed E-state index contributed by atoms with van der Waals surface area (Å²) < 4.78 is 0. The first kappa shape index (κ1) is 16.4. The SMILES string of the molecule is CCCCCNc1cnnc(N2CCN(c3ccccn3)CC2)n1. The van der Waals surface area contributed by atoms with Gasteiger partial charge in [0.25, 0.3) is 0 Å². The topological polar surface area (TPSA) is 70.1 Å². The molecule has 7 nitrogen and oxygen atoms in total. The molecule has 1 N–H and O–H groups in total. The molecule has 0 spiro atoms. The Morgan fingerprint density at radius 2 is 1.92 bits per heavy atom. The zero-order valence-corrected chi connectivity index (χ0v) is 14.2. The second-order valence-corrected chi connectivity index (χ2v) is 5.94. The van der Waals surface area contributed by atoms with Gasteiger partial charge in [-0.3, -0.25) is 0 Å². The fourth-order valence-corrected chi connectivity index (χ4v) is 2.78. The molecule has 1 saturated heterocycles. The van der Waals surface area contributed by atoms with Gasteiger partial charge in [-0.25, -0.2) is 4.98 Å². The summed E-state index contributed by atoms with van der Waals surface area (Å²) in [5, 5.41) is 11.6. The molecule has 0 aromatic carbocycles. The number of piperazine rings is 1. The van der Waals surface area contributed by atoms with Crippen LogP contribution in [0.25, 0.3) is 0 Å². The lowest BCUT2D eigenvalue weighted by molar-refractivity contribution is 0.630. The molecule has 0 unspecified atom stereocenters. The van der Waals surface area contributed by atoms with Crippen molar-refractivity contribution in [1.82, 2.24) is 20.2 Å². The second kappa shape index (κ2) is 8.42.